The number of ether oxygens (including phenoxy) is 2. The van der Waals surface area contributed by atoms with Gasteiger partial charge in [-0.3, -0.25) is 14.5 Å². The molecule has 0 unspecified atom stereocenters. The Morgan fingerprint density at radius 3 is 2.33 bits per heavy atom. The first-order valence-electron chi connectivity index (χ1n) is 14.6. The number of nitrogens with one attached hydrogen (secondary N) is 2. The number of hydrogen-bond acceptors (Lipinski definition) is 8. The number of carbonyl (C=O) groups is 1. The summed E-state index contributed by atoms with van der Waals surface area (Å²) in [6.07, 6.45) is -1.74. The van der Waals surface area contributed by atoms with Crippen LogP contribution in [0.1, 0.15) is 39.7 Å². The van der Waals surface area contributed by atoms with Crippen LogP contribution in [0.15, 0.2) is 94.0 Å². The van der Waals surface area contributed by atoms with Gasteiger partial charge in [-0.2, -0.15) is 21.6 Å². The van der Waals surface area contributed by atoms with Crippen LogP contribution >= 0.6 is 11.9 Å². The number of nitrogens with zero attached hydrogens (tertiary/aromatic N) is 2. The van der Waals surface area contributed by atoms with E-state index in [-0.39, 0.29) is 29.5 Å². The third-order valence-electron chi connectivity index (χ3n) is 5.69. The van der Waals surface area contributed by atoms with Crippen molar-refractivity contribution in [1.29, 1.82) is 0 Å². The van der Waals surface area contributed by atoms with Gasteiger partial charge in [0.15, 0.2) is 0 Å². The lowest BCUT2D eigenvalue weighted by Gasteiger charge is -2.21. The summed E-state index contributed by atoms with van der Waals surface area (Å²) in [6.45, 7) is 7.38. The molecule has 0 bridgehead atoms. The summed E-state index contributed by atoms with van der Waals surface area (Å²) in [6, 6.07) is 10.1. The van der Waals surface area contributed by atoms with E-state index >= 15 is 0 Å². The molecule has 3 rings (SSSR count). The van der Waals surface area contributed by atoms with E-state index in [1.54, 1.807) is 31.2 Å². The summed E-state index contributed by atoms with van der Waals surface area (Å²) in [5.74, 6) is -0.717. The van der Waals surface area contributed by atoms with Crippen LogP contribution < -0.4 is 19.9 Å². The molecule has 2 aromatic rings. The Bertz CT molecular complexity index is 1590. The number of aliphatic imine (C=N–C) groups is 1. The number of amidine groups is 1. The number of benzene rings is 2. The topological polar surface area (TPSA) is 135 Å². The Hall–Kier alpha value is -4.00. The van der Waals surface area contributed by atoms with Gasteiger partial charge in [-0.1, -0.05) is 49.8 Å². The molecular formula is C31H39F6N5O5S2. The average Bonchev–Trinajstić information content (AvgIpc) is 3.24. The maximum Gasteiger partial charge on any atom is 0.573 e. The molecule has 0 saturated carbocycles. The molecule has 0 aromatic heterocycles. The van der Waals surface area contributed by atoms with Gasteiger partial charge in [-0.05, 0) is 74.7 Å². The van der Waals surface area contributed by atoms with E-state index < -0.39 is 40.8 Å². The number of alkyl halides is 6. The minimum Gasteiger partial charge on any atom is -0.465 e. The molecule has 0 spiro atoms. The largest absolute Gasteiger partial charge is 0.573 e. The average molecular weight is 740 g/mol. The number of carbonyl (C=O) groups excluding carboxylic acids is 1. The van der Waals surface area contributed by atoms with E-state index in [1.165, 1.54) is 37.4 Å². The predicted octanol–water partition coefficient (Wildman–Crippen LogP) is 7.21. The van der Waals surface area contributed by atoms with Crippen molar-refractivity contribution in [1.82, 2.24) is 9.03 Å². The molecule has 0 saturated heterocycles. The summed E-state index contributed by atoms with van der Waals surface area (Å²) in [7, 11) is -2.59. The van der Waals surface area contributed by atoms with Crippen LogP contribution in [0.25, 0.3) is 0 Å². The third kappa shape index (κ3) is 16.8. The number of esters is 1. The number of rotatable bonds is 11. The lowest BCUT2D eigenvalue weighted by atomic mass is 10.2. The predicted molar refractivity (Wildman–Crippen MR) is 179 cm³/mol. The number of para-hydroxylation sites is 1. The van der Waals surface area contributed by atoms with Gasteiger partial charge in [0.2, 0.25) is 0 Å². The minimum absolute atomic E-state index is 0.0533. The Morgan fingerprint density at radius 2 is 1.73 bits per heavy atom. The molecule has 0 radical (unpaired) electrons. The van der Waals surface area contributed by atoms with Gasteiger partial charge in [0, 0.05) is 12.7 Å². The summed E-state index contributed by atoms with van der Waals surface area (Å²) in [4.78, 5) is 15.6. The van der Waals surface area contributed by atoms with Gasteiger partial charge < -0.3 is 14.8 Å². The van der Waals surface area contributed by atoms with E-state index in [2.05, 4.69) is 19.8 Å². The van der Waals surface area contributed by atoms with Crippen molar-refractivity contribution in [3.05, 3.63) is 89.7 Å². The molecule has 0 amide bonds. The van der Waals surface area contributed by atoms with Gasteiger partial charge in [0.25, 0.3) is 10.2 Å². The smallest absolute Gasteiger partial charge is 0.465 e. The fourth-order valence-electron chi connectivity index (χ4n) is 3.58. The van der Waals surface area contributed by atoms with Crippen LogP contribution in [0.5, 0.6) is 5.75 Å². The molecule has 10 nitrogen and oxygen atoms in total. The number of anilines is 1. The molecule has 0 fully saturated rings. The quantitative estimate of drug-likeness (QED) is 0.0724. The zero-order valence-electron chi connectivity index (χ0n) is 27.4. The highest BCUT2D eigenvalue weighted by Gasteiger charge is 2.32. The first kappa shape index (κ1) is 43.0. The number of nitrogens with two attached hydrogens (primary N) is 1. The Kier molecular flexibility index (Phi) is 18.0. The SMILES string of the molecule is CC.CCOC(=O)CN(C1=CC=C(C)CC=C1)S(N)(=O)=O.CN=C(CNSc1ccccc1OC(F)(F)F)Nc1cccc(C(F)(F)F)c1. The molecule has 2 aromatic carbocycles. The zero-order chi connectivity index (χ0) is 37.3. The Morgan fingerprint density at radius 1 is 1.06 bits per heavy atom. The highest BCUT2D eigenvalue weighted by Crippen LogP contribution is 2.32. The van der Waals surface area contributed by atoms with E-state index in [0.717, 1.165) is 40.4 Å². The van der Waals surface area contributed by atoms with Gasteiger partial charge in [0.05, 0.1) is 29.3 Å². The van der Waals surface area contributed by atoms with Crippen LogP contribution in [-0.2, 0) is 25.9 Å². The lowest BCUT2D eigenvalue weighted by Crippen LogP contribution is -2.39. The van der Waals surface area contributed by atoms with Gasteiger partial charge in [-0.15, -0.1) is 13.2 Å². The maximum atomic E-state index is 12.8. The Labute approximate surface area is 286 Å². The van der Waals surface area contributed by atoms with E-state index in [1.807, 2.05) is 26.8 Å². The van der Waals surface area contributed by atoms with Crippen LogP contribution in [0, 0.1) is 0 Å². The van der Waals surface area contributed by atoms with E-state index in [0.29, 0.717) is 11.5 Å². The van der Waals surface area contributed by atoms with Crippen molar-refractivity contribution in [3.8, 4) is 5.75 Å². The van der Waals surface area contributed by atoms with Crippen molar-refractivity contribution >= 4 is 39.6 Å². The van der Waals surface area contributed by atoms with Crippen LogP contribution in [-0.4, -0.2) is 57.6 Å². The molecule has 0 atom stereocenters. The van der Waals surface area contributed by atoms with Gasteiger partial charge in [-0.25, -0.2) is 9.44 Å². The van der Waals surface area contributed by atoms with E-state index in [4.69, 9.17) is 9.88 Å². The highest BCUT2D eigenvalue weighted by molar-refractivity contribution is 7.97. The maximum absolute atomic E-state index is 12.8. The third-order valence-corrected chi connectivity index (χ3v) is 7.49. The molecule has 272 valence electrons. The van der Waals surface area contributed by atoms with Crippen molar-refractivity contribution in [2.75, 3.05) is 32.1 Å². The fourth-order valence-corrected chi connectivity index (χ4v) is 5.00. The highest BCUT2D eigenvalue weighted by atomic mass is 32.2. The summed E-state index contributed by atoms with van der Waals surface area (Å²) < 4.78 is 111. The van der Waals surface area contributed by atoms with Crippen molar-refractivity contribution in [3.63, 3.8) is 0 Å². The van der Waals surface area contributed by atoms with Crippen molar-refractivity contribution in [2.45, 2.75) is 51.5 Å². The number of allylic oxidation sites excluding steroid dienone is 5. The van der Waals surface area contributed by atoms with Crippen LogP contribution in [0.2, 0.25) is 0 Å². The molecule has 1 aliphatic rings. The Balaban J connectivity index is 0.000000499. The van der Waals surface area contributed by atoms with E-state index in [9.17, 15) is 39.6 Å². The summed E-state index contributed by atoms with van der Waals surface area (Å²) in [5, 5.41) is 7.88. The molecule has 18 heteroatoms. The molecular weight excluding hydrogens is 700 g/mol. The summed E-state index contributed by atoms with van der Waals surface area (Å²) >= 11 is 0.874. The molecule has 49 heavy (non-hydrogen) atoms. The van der Waals surface area contributed by atoms with Crippen LogP contribution in [0.3, 0.4) is 0 Å². The molecule has 0 heterocycles. The fraction of sp³-hybridized carbons (Fsp3) is 0.355. The van der Waals surface area contributed by atoms with Crippen LogP contribution in [0.4, 0.5) is 32.0 Å². The zero-order valence-corrected chi connectivity index (χ0v) is 29.0. The normalized spacial score (nSPS) is 13.3. The number of hydrogen-bond donors (Lipinski definition) is 3. The van der Waals surface area contributed by atoms with Crippen molar-refractivity contribution < 1.29 is 49.0 Å². The van der Waals surface area contributed by atoms with Crippen molar-refractivity contribution in [2.24, 2.45) is 10.1 Å². The molecule has 1 aliphatic carbocycles. The minimum atomic E-state index is -4.82. The second-order valence-corrected chi connectivity index (χ2v) is 11.8. The second kappa shape index (κ2) is 20.5. The molecule has 4 N–H and O–H groups in total. The van der Waals surface area contributed by atoms with Gasteiger partial charge >= 0.3 is 18.5 Å². The molecule has 0 aliphatic heterocycles. The monoisotopic (exact) mass is 739 g/mol. The second-order valence-electron chi connectivity index (χ2n) is 9.36. The van der Waals surface area contributed by atoms with Gasteiger partial charge in [0.1, 0.15) is 18.1 Å². The first-order valence-corrected chi connectivity index (χ1v) is 16.9. The number of halogens is 6. The summed E-state index contributed by atoms with van der Waals surface area (Å²) in [5.41, 5.74) is 0.792. The first-order chi connectivity index (χ1) is 22.9. The lowest BCUT2D eigenvalue weighted by molar-refractivity contribution is -0.275. The standard InChI is InChI=1S/C17H15F6N3OS.C12H18N2O4S.C2H6/c1-24-15(26-12-6-4-5-11(9-12)16(18,19)20)10-25-28-14-8-3-2-7-13(14)27-17(21,22)23;1-3-18-12(15)9-14(19(13,16)17)11-6-4-5-10(2)7-8-11;1-2/h2-9,25H,10H2,1H3,(H,24,26);4,6-8H,3,5,9H2,1-2H3,(H2,13,16,17);1-2H3.